The van der Waals surface area contributed by atoms with Crippen LogP contribution in [-0.4, -0.2) is 24.9 Å². The zero-order chi connectivity index (χ0) is 13.7. The molecule has 1 aromatic carbocycles. The molecule has 18 heavy (non-hydrogen) atoms. The number of ether oxygens (including phenoxy) is 1. The highest BCUT2D eigenvalue weighted by Gasteiger charge is 2.13. The maximum Gasteiger partial charge on any atom is 0.337 e. The quantitative estimate of drug-likeness (QED) is 0.675. The summed E-state index contributed by atoms with van der Waals surface area (Å²) in [5, 5.41) is 2.77. The summed E-state index contributed by atoms with van der Waals surface area (Å²) in [6, 6.07) is 4.97. The van der Waals surface area contributed by atoms with Crippen LogP contribution in [0.25, 0.3) is 0 Å². The first-order chi connectivity index (χ1) is 8.49. The summed E-state index contributed by atoms with van der Waals surface area (Å²) in [7, 11) is 1.33. The van der Waals surface area contributed by atoms with E-state index in [-0.39, 0.29) is 17.7 Å². The van der Waals surface area contributed by atoms with Crippen molar-refractivity contribution in [3.05, 3.63) is 29.3 Å². The minimum atomic E-state index is -0.398. The molecule has 0 fully saturated rings. The second kappa shape index (κ2) is 6.40. The number of alkyl halides is 1. The van der Waals surface area contributed by atoms with Gasteiger partial charge in [-0.3, -0.25) is 4.79 Å². The highest BCUT2D eigenvalue weighted by Crippen LogP contribution is 2.18. The molecule has 0 aliphatic heterocycles. The summed E-state index contributed by atoms with van der Waals surface area (Å²) in [4.78, 5) is 23.0. The normalized spacial score (nSPS) is 11.8. The predicted molar refractivity (Wildman–Crippen MR) is 71.0 cm³/mol. The number of rotatable bonds is 4. The molecule has 0 heterocycles. The summed E-state index contributed by atoms with van der Waals surface area (Å²) in [5.74, 6) is -0.527. The minimum Gasteiger partial charge on any atom is -0.465 e. The Hall–Kier alpha value is -1.55. The van der Waals surface area contributed by atoms with Crippen LogP contribution in [0.15, 0.2) is 18.2 Å². The van der Waals surface area contributed by atoms with Gasteiger partial charge in [0.2, 0.25) is 5.91 Å². The van der Waals surface area contributed by atoms with Gasteiger partial charge in [0.1, 0.15) is 0 Å². The van der Waals surface area contributed by atoms with Gasteiger partial charge in [0.25, 0.3) is 0 Å². The number of carbonyl (C=O) groups is 2. The van der Waals surface area contributed by atoms with E-state index in [0.717, 1.165) is 5.56 Å². The molecule has 0 bridgehead atoms. The van der Waals surface area contributed by atoms with E-state index in [0.29, 0.717) is 11.3 Å². The summed E-state index contributed by atoms with van der Waals surface area (Å²) < 4.78 is 4.62. The van der Waals surface area contributed by atoms with Crippen LogP contribution in [-0.2, 0) is 9.53 Å². The van der Waals surface area contributed by atoms with Crippen LogP contribution in [0, 0.1) is 12.8 Å². The van der Waals surface area contributed by atoms with Gasteiger partial charge in [-0.05, 0) is 30.7 Å². The highest BCUT2D eigenvalue weighted by molar-refractivity contribution is 6.19. The number of amides is 1. The summed E-state index contributed by atoms with van der Waals surface area (Å²) in [5.41, 5.74) is 1.93. The molecule has 0 aromatic heterocycles. The smallest absolute Gasteiger partial charge is 0.337 e. The molecule has 1 atom stereocenters. The van der Waals surface area contributed by atoms with Crippen molar-refractivity contribution in [1.82, 2.24) is 0 Å². The fourth-order valence-corrected chi connectivity index (χ4v) is 1.51. The fraction of sp³-hybridized carbons (Fsp3) is 0.385. The Morgan fingerprint density at radius 2 is 2.11 bits per heavy atom. The van der Waals surface area contributed by atoms with E-state index >= 15 is 0 Å². The number of methoxy groups -OCH3 is 1. The molecular weight excluding hydrogens is 254 g/mol. The number of benzene rings is 1. The van der Waals surface area contributed by atoms with Gasteiger partial charge in [0.05, 0.1) is 12.7 Å². The molecule has 98 valence electrons. The number of nitrogens with one attached hydrogen (secondary N) is 1. The fourth-order valence-electron chi connectivity index (χ4n) is 1.37. The lowest BCUT2D eigenvalue weighted by atomic mass is 10.1. The standard InChI is InChI=1S/C13H16ClNO3/c1-8-6-10(13(17)18-3)4-5-11(8)15-12(16)9(2)7-14/h4-6,9H,7H2,1-3H3,(H,15,16). The number of anilines is 1. The molecule has 0 saturated carbocycles. The molecule has 1 amide bonds. The predicted octanol–water partition coefficient (Wildman–Crippen LogP) is 2.60. The number of halogens is 1. The maximum atomic E-state index is 11.7. The van der Waals surface area contributed by atoms with Crippen molar-refractivity contribution >= 4 is 29.2 Å². The monoisotopic (exact) mass is 269 g/mol. The average Bonchev–Trinajstić information content (AvgIpc) is 2.38. The number of aryl methyl sites for hydroxylation is 1. The first-order valence-corrected chi connectivity index (χ1v) is 6.08. The number of carbonyl (C=O) groups excluding carboxylic acids is 2. The van der Waals surface area contributed by atoms with Gasteiger partial charge in [-0.15, -0.1) is 11.6 Å². The van der Waals surface area contributed by atoms with Crippen molar-refractivity contribution in [2.75, 3.05) is 18.3 Å². The molecule has 1 aromatic rings. The van der Waals surface area contributed by atoms with Gasteiger partial charge in [-0.1, -0.05) is 6.92 Å². The molecule has 1 rings (SSSR count). The molecule has 4 nitrogen and oxygen atoms in total. The third-order valence-corrected chi connectivity index (χ3v) is 3.05. The molecule has 5 heteroatoms. The maximum absolute atomic E-state index is 11.7. The van der Waals surface area contributed by atoms with E-state index in [1.165, 1.54) is 7.11 Å². The van der Waals surface area contributed by atoms with Crippen molar-refractivity contribution in [3.63, 3.8) is 0 Å². The first kappa shape index (κ1) is 14.5. The molecule has 0 aliphatic carbocycles. The molecule has 0 radical (unpaired) electrons. The molecule has 1 unspecified atom stereocenters. The minimum absolute atomic E-state index is 0.140. The van der Waals surface area contributed by atoms with Crippen molar-refractivity contribution in [1.29, 1.82) is 0 Å². The largest absolute Gasteiger partial charge is 0.465 e. The van der Waals surface area contributed by atoms with Crippen molar-refractivity contribution < 1.29 is 14.3 Å². The van der Waals surface area contributed by atoms with Gasteiger partial charge in [0.15, 0.2) is 0 Å². The lowest BCUT2D eigenvalue weighted by Gasteiger charge is -2.12. The topological polar surface area (TPSA) is 55.4 Å². The first-order valence-electron chi connectivity index (χ1n) is 5.55. The van der Waals surface area contributed by atoms with Crippen LogP contribution in [0.3, 0.4) is 0 Å². The van der Waals surface area contributed by atoms with Crippen molar-refractivity contribution in [3.8, 4) is 0 Å². The van der Waals surface area contributed by atoms with Crippen LogP contribution >= 0.6 is 11.6 Å². The Kier molecular flexibility index (Phi) is 5.16. The van der Waals surface area contributed by atoms with E-state index < -0.39 is 5.97 Å². The molecule has 0 aliphatic rings. The Morgan fingerprint density at radius 1 is 1.44 bits per heavy atom. The summed E-state index contributed by atoms with van der Waals surface area (Å²) >= 11 is 5.62. The van der Waals surface area contributed by atoms with Gasteiger partial charge in [0, 0.05) is 17.5 Å². The van der Waals surface area contributed by atoms with Gasteiger partial charge in [-0.25, -0.2) is 4.79 Å². The van der Waals surface area contributed by atoms with Crippen molar-refractivity contribution in [2.24, 2.45) is 5.92 Å². The van der Waals surface area contributed by atoms with E-state index in [1.54, 1.807) is 25.1 Å². The Bertz CT molecular complexity index is 460. The average molecular weight is 270 g/mol. The van der Waals surface area contributed by atoms with Gasteiger partial charge < -0.3 is 10.1 Å². The Labute approximate surface area is 111 Å². The van der Waals surface area contributed by atoms with Gasteiger partial charge >= 0.3 is 5.97 Å². The Balaban J connectivity index is 2.86. The highest BCUT2D eigenvalue weighted by atomic mass is 35.5. The van der Waals surface area contributed by atoms with Crippen LogP contribution in [0.4, 0.5) is 5.69 Å². The van der Waals surface area contributed by atoms with E-state index in [2.05, 4.69) is 10.1 Å². The lowest BCUT2D eigenvalue weighted by molar-refractivity contribution is -0.118. The van der Waals surface area contributed by atoms with E-state index in [9.17, 15) is 9.59 Å². The zero-order valence-corrected chi connectivity index (χ0v) is 11.4. The summed E-state index contributed by atoms with van der Waals surface area (Å²) in [6.45, 7) is 3.56. The number of esters is 1. The van der Waals surface area contributed by atoms with Crippen LogP contribution in [0.2, 0.25) is 0 Å². The second-order valence-electron chi connectivity index (χ2n) is 4.07. The van der Waals surface area contributed by atoms with Crippen LogP contribution in [0.1, 0.15) is 22.8 Å². The molecule has 0 spiro atoms. The third-order valence-electron chi connectivity index (χ3n) is 2.58. The number of hydrogen-bond donors (Lipinski definition) is 1. The molecular formula is C13H16ClNO3. The van der Waals surface area contributed by atoms with E-state index in [1.807, 2.05) is 6.92 Å². The van der Waals surface area contributed by atoms with Gasteiger partial charge in [-0.2, -0.15) is 0 Å². The molecule has 0 saturated heterocycles. The zero-order valence-electron chi connectivity index (χ0n) is 10.6. The third kappa shape index (κ3) is 3.47. The van der Waals surface area contributed by atoms with Crippen LogP contribution < -0.4 is 5.32 Å². The SMILES string of the molecule is COC(=O)c1ccc(NC(=O)C(C)CCl)c(C)c1. The van der Waals surface area contributed by atoms with E-state index in [4.69, 9.17) is 11.6 Å². The summed E-state index contributed by atoms with van der Waals surface area (Å²) in [6.07, 6.45) is 0. The van der Waals surface area contributed by atoms with Crippen molar-refractivity contribution in [2.45, 2.75) is 13.8 Å². The lowest BCUT2D eigenvalue weighted by Crippen LogP contribution is -2.22. The Morgan fingerprint density at radius 3 is 2.61 bits per heavy atom. The van der Waals surface area contributed by atoms with Crippen LogP contribution in [0.5, 0.6) is 0 Å². The number of hydrogen-bond acceptors (Lipinski definition) is 3. The second-order valence-corrected chi connectivity index (χ2v) is 4.37. The molecule has 1 N–H and O–H groups in total.